The molecule has 4 nitrogen and oxygen atoms in total. The summed E-state index contributed by atoms with van der Waals surface area (Å²) in [5.74, 6) is 0.957. The summed E-state index contributed by atoms with van der Waals surface area (Å²) in [6.45, 7) is 1.03. The molecule has 2 aromatic carbocycles. The van der Waals surface area contributed by atoms with Gasteiger partial charge in [0, 0.05) is 34.8 Å². The fraction of sp³-hybridized carbons (Fsp3) is 0.211. The molecule has 1 aromatic heterocycles. The molecular formula is C19H20N2O2. The van der Waals surface area contributed by atoms with Crippen LogP contribution < -0.4 is 4.74 Å². The molecule has 0 spiro atoms. The molecule has 0 bridgehead atoms. The highest BCUT2D eigenvalue weighted by Crippen LogP contribution is 2.20. The third-order valence-corrected chi connectivity index (χ3v) is 3.94. The molecule has 0 unspecified atom stereocenters. The Balaban J connectivity index is 1.72. The number of para-hydroxylation sites is 2. The van der Waals surface area contributed by atoms with Gasteiger partial charge in [0.05, 0.1) is 13.7 Å². The molecular weight excluding hydrogens is 288 g/mol. The Labute approximate surface area is 135 Å². The third kappa shape index (κ3) is 3.27. The van der Waals surface area contributed by atoms with Gasteiger partial charge >= 0.3 is 0 Å². The number of aromatic nitrogens is 1. The Hall–Kier alpha value is -2.59. The van der Waals surface area contributed by atoms with Crippen molar-refractivity contribution in [1.29, 1.82) is 0 Å². The predicted molar refractivity (Wildman–Crippen MR) is 92.0 cm³/mol. The fourth-order valence-electron chi connectivity index (χ4n) is 2.81. The standard InChI is InChI=1S/C19H20N2O2/c1-21(12-14-7-3-6-10-19(14)23-2)13-18(22)16-11-20-17-9-5-4-8-15(16)17/h3-11,20H,12-13H2,1-2H3. The number of ketones is 1. The SMILES string of the molecule is COc1ccccc1CN(C)CC(=O)c1c[nH]c2ccccc12. The zero-order chi connectivity index (χ0) is 16.2. The van der Waals surface area contributed by atoms with Crippen LogP contribution in [0, 0.1) is 0 Å². The van der Waals surface area contributed by atoms with Crippen molar-refractivity contribution in [1.82, 2.24) is 9.88 Å². The van der Waals surface area contributed by atoms with E-state index in [1.54, 1.807) is 13.3 Å². The van der Waals surface area contributed by atoms with Crippen LogP contribution in [-0.2, 0) is 6.54 Å². The third-order valence-electron chi connectivity index (χ3n) is 3.94. The fourth-order valence-corrected chi connectivity index (χ4v) is 2.81. The second-order valence-corrected chi connectivity index (χ2v) is 5.66. The van der Waals surface area contributed by atoms with Crippen molar-refractivity contribution in [3.63, 3.8) is 0 Å². The van der Waals surface area contributed by atoms with Crippen molar-refractivity contribution in [3.8, 4) is 5.75 Å². The molecule has 0 saturated carbocycles. The summed E-state index contributed by atoms with van der Waals surface area (Å²) in [7, 11) is 3.61. The van der Waals surface area contributed by atoms with Crippen LogP contribution in [0.4, 0.5) is 0 Å². The second-order valence-electron chi connectivity index (χ2n) is 5.66. The number of hydrogen-bond donors (Lipinski definition) is 1. The van der Waals surface area contributed by atoms with Gasteiger partial charge in [-0.3, -0.25) is 9.69 Å². The van der Waals surface area contributed by atoms with Crippen molar-refractivity contribution in [2.24, 2.45) is 0 Å². The second kappa shape index (κ2) is 6.67. The molecule has 118 valence electrons. The van der Waals surface area contributed by atoms with Crippen molar-refractivity contribution in [2.45, 2.75) is 6.54 Å². The van der Waals surface area contributed by atoms with Gasteiger partial charge in [0.1, 0.15) is 5.75 Å². The molecule has 23 heavy (non-hydrogen) atoms. The average Bonchev–Trinajstić information content (AvgIpc) is 2.99. The predicted octanol–water partition coefficient (Wildman–Crippen LogP) is 3.49. The van der Waals surface area contributed by atoms with Gasteiger partial charge < -0.3 is 9.72 Å². The molecule has 1 N–H and O–H groups in total. The van der Waals surface area contributed by atoms with Crippen LogP contribution in [0.3, 0.4) is 0 Å². The summed E-state index contributed by atoms with van der Waals surface area (Å²) >= 11 is 0. The van der Waals surface area contributed by atoms with E-state index in [1.165, 1.54) is 0 Å². The molecule has 0 amide bonds. The first-order valence-electron chi connectivity index (χ1n) is 7.59. The molecule has 3 aromatic rings. The first-order valence-corrected chi connectivity index (χ1v) is 7.59. The zero-order valence-corrected chi connectivity index (χ0v) is 13.4. The maximum atomic E-state index is 12.6. The highest BCUT2D eigenvalue weighted by atomic mass is 16.5. The van der Waals surface area contributed by atoms with Crippen LogP contribution in [0.15, 0.2) is 54.7 Å². The van der Waals surface area contributed by atoms with Crippen molar-refractivity contribution in [2.75, 3.05) is 20.7 Å². The van der Waals surface area contributed by atoms with Gasteiger partial charge in [0.15, 0.2) is 5.78 Å². The smallest absolute Gasteiger partial charge is 0.178 e. The topological polar surface area (TPSA) is 45.3 Å². The molecule has 3 rings (SSSR count). The number of aromatic amines is 1. The quantitative estimate of drug-likeness (QED) is 0.709. The number of methoxy groups -OCH3 is 1. The molecule has 0 aliphatic rings. The lowest BCUT2D eigenvalue weighted by Crippen LogP contribution is -2.25. The summed E-state index contributed by atoms with van der Waals surface area (Å²) in [5, 5.41) is 0.975. The minimum Gasteiger partial charge on any atom is -0.496 e. The molecule has 4 heteroatoms. The summed E-state index contributed by atoms with van der Waals surface area (Å²) in [6.07, 6.45) is 1.80. The molecule has 0 fully saturated rings. The Morgan fingerprint density at radius 3 is 2.70 bits per heavy atom. The van der Waals surface area contributed by atoms with Gasteiger partial charge in [0.25, 0.3) is 0 Å². The zero-order valence-electron chi connectivity index (χ0n) is 13.4. The minimum atomic E-state index is 0.111. The number of nitrogens with zero attached hydrogens (tertiary/aromatic N) is 1. The summed E-state index contributed by atoms with van der Waals surface area (Å²) in [5.41, 5.74) is 2.81. The number of carbonyl (C=O) groups excluding carboxylic acids is 1. The largest absolute Gasteiger partial charge is 0.496 e. The van der Waals surface area contributed by atoms with E-state index in [9.17, 15) is 4.79 Å². The van der Waals surface area contributed by atoms with Gasteiger partial charge in [-0.2, -0.15) is 0 Å². The maximum Gasteiger partial charge on any atom is 0.178 e. The highest BCUT2D eigenvalue weighted by molar-refractivity contribution is 6.08. The van der Waals surface area contributed by atoms with E-state index in [-0.39, 0.29) is 5.78 Å². The molecule has 0 atom stereocenters. The molecule has 0 aliphatic carbocycles. The number of hydrogen-bond acceptors (Lipinski definition) is 3. The Kier molecular flexibility index (Phi) is 4.44. The van der Waals surface area contributed by atoms with Gasteiger partial charge in [-0.1, -0.05) is 36.4 Å². The van der Waals surface area contributed by atoms with Crippen molar-refractivity contribution < 1.29 is 9.53 Å². The van der Waals surface area contributed by atoms with E-state index >= 15 is 0 Å². The monoisotopic (exact) mass is 308 g/mol. The van der Waals surface area contributed by atoms with Crippen molar-refractivity contribution in [3.05, 3.63) is 65.9 Å². The lowest BCUT2D eigenvalue weighted by Gasteiger charge is -2.17. The van der Waals surface area contributed by atoms with Gasteiger partial charge in [0.2, 0.25) is 0 Å². The average molecular weight is 308 g/mol. The summed E-state index contributed by atoms with van der Waals surface area (Å²) in [6, 6.07) is 15.7. The van der Waals surface area contributed by atoms with Crippen LogP contribution in [-0.4, -0.2) is 36.4 Å². The number of carbonyl (C=O) groups is 1. The van der Waals surface area contributed by atoms with Crippen LogP contribution >= 0.6 is 0 Å². The first kappa shape index (κ1) is 15.3. The van der Waals surface area contributed by atoms with E-state index in [0.717, 1.165) is 27.8 Å². The summed E-state index contributed by atoms with van der Waals surface area (Å²) < 4.78 is 5.36. The lowest BCUT2D eigenvalue weighted by molar-refractivity contribution is 0.0944. The first-order chi connectivity index (χ1) is 11.2. The normalized spacial score (nSPS) is 11.1. The van der Waals surface area contributed by atoms with Gasteiger partial charge in [-0.15, -0.1) is 0 Å². The number of Topliss-reactive ketones (excluding diaryl/α,β-unsaturated/α-hetero) is 1. The van der Waals surface area contributed by atoms with E-state index in [4.69, 9.17) is 4.74 Å². The van der Waals surface area contributed by atoms with Crippen LogP contribution in [0.5, 0.6) is 5.75 Å². The molecule has 0 aliphatic heterocycles. The van der Waals surface area contributed by atoms with Gasteiger partial charge in [-0.05, 0) is 19.2 Å². The van der Waals surface area contributed by atoms with Crippen molar-refractivity contribution >= 4 is 16.7 Å². The van der Waals surface area contributed by atoms with E-state index < -0.39 is 0 Å². The minimum absolute atomic E-state index is 0.111. The number of rotatable bonds is 6. The molecule has 0 saturated heterocycles. The van der Waals surface area contributed by atoms with Crippen LogP contribution in [0.1, 0.15) is 15.9 Å². The van der Waals surface area contributed by atoms with Crippen LogP contribution in [0.2, 0.25) is 0 Å². The number of H-pyrrole nitrogens is 1. The highest BCUT2D eigenvalue weighted by Gasteiger charge is 2.15. The number of ether oxygens (including phenoxy) is 1. The van der Waals surface area contributed by atoms with Gasteiger partial charge in [-0.25, -0.2) is 0 Å². The molecule has 0 radical (unpaired) electrons. The number of likely N-dealkylation sites (N-methyl/N-ethyl adjacent to an activating group) is 1. The number of nitrogens with one attached hydrogen (secondary N) is 1. The maximum absolute atomic E-state index is 12.6. The number of fused-ring (bicyclic) bond motifs is 1. The van der Waals surface area contributed by atoms with E-state index in [1.807, 2.05) is 60.5 Å². The number of benzene rings is 2. The Bertz CT molecular complexity index is 823. The van der Waals surface area contributed by atoms with Crippen LogP contribution in [0.25, 0.3) is 10.9 Å². The van der Waals surface area contributed by atoms with E-state index in [0.29, 0.717) is 13.1 Å². The Morgan fingerprint density at radius 2 is 1.87 bits per heavy atom. The van der Waals surface area contributed by atoms with E-state index in [2.05, 4.69) is 4.98 Å². The Morgan fingerprint density at radius 1 is 1.13 bits per heavy atom. The lowest BCUT2D eigenvalue weighted by atomic mass is 10.1. The molecule has 1 heterocycles. The summed E-state index contributed by atoms with van der Waals surface area (Å²) in [4.78, 5) is 17.7.